The normalized spacial score (nSPS) is 17.9. The van der Waals surface area contributed by atoms with Gasteiger partial charge in [0.05, 0.1) is 24.3 Å². The molecule has 4 heteroatoms. The summed E-state index contributed by atoms with van der Waals surface area (Å²) in [5.74, 6) is 1.49. The summed E-state index contributed by atoms with van der Waals surface area (Å²) in [7, 11) is 1.63. The molecule has 0 radical (unpaired) electrons. The molecule has 0 spiro atoms. The van der Waals surface area contributed by atoms with Crippen molar-refractivity contribution in [2.45, 2.75) is 39.7 Å². The fourth-order valence-electron chi connectivity index (χ4n) is 2.74. The van der Waals surface area contributed by atoms with Crippen LogP contribution in [0.2, 0.25) is 0 Å². The van der Waals surface area contributed by atoms with Crippen LogP contribution in [0.5, 0.6) is 11.6 Å². The molecule has 2 aromatic rings. The molecule has 3 rings (SSSR count). The van der Waals surface area contributed by atoms with Crippen molar-refractivity contribution in [1.82, 2.24) is 9.97 Å². The van der Waals surface area contributed by atoms with Crippen molar-refractivity contribution in [2.24, 2.45) is 5.41 Å². The molecule has 20 heavy (non-hydrogen) atoms. The maximum atomic E-state index is 6.02. The molecule has 1 aliphatic heterocycles. The van der Waals surface area contributed by atoms with Crippen molar-refractivity contribution in [1.29, 1.82) is 0 Å². The summed E-state index contributed by atoms with van der Waals surface area (Å²) in [5.41, 5.74) is 3.20. The Morgan fingerprint density at radius 2 is 2.15 bits per heavy atom. The van der Waals surface area contributed by atoms with Crippen LogP contribution in [0.15, 0.2) is 18.3 Å². The molecule has 4 nitrogen and oxygen atoms in total. The van der Waals surface area contributed by atoms with E-state index in [1.165, 1.54) is 0 Å². The summed E-state index contributed by atoms with van der Waals surface area (Å²) in [5, 5.41) is 0. The first kappa shape index (κ1) is 13.2. The topological polar surface area (TPSA) is 44.2 Å². The van der Waals surface area contributed by atoms with Crippen molar-refractivity contribution >= 4 is 11.0 Å². The van der Waals surface area contributed by atoms with Crippen molar-refractivity contribution in [3.05, 3.63) is 23.9 Å². The third-order valence-corrected chi connectivity index (χ3v) is 3.53. The second-order valence-corrected chi connectivity index (χ2v) is 6.53. The number of pyridine rings is 2. The summed E-state index contributed by atoms with van der Waals surface area (Å²) in [6, 6.07) is 3.78. The van der Waals surface area contributed by atoms with Gasteiger partial charge in [0.2, 0.25) is 5.88 Å². The van der Waals surface area contributed by atoms with E-state index in [9.17, 15) is 0 Å². The van der Waals surface area contributed by atoms with Crippen molar-refractivity contribution in [2.75, 3.05) is 7.11 Å². The first-order chi connectivity index (χ1) is 9.46. The third-order valence-electron chi connectivity index (χ3n) is 3.53. The van der Waals surface area contributed by atoms with Crippen LogP contribution in [-0.4, -0.2) is 23.2 Å². The smallest absolute Gasteiger partial charge is 0.213 e. The number of ether oxygens (including phenoxy) is 2. The largest absolute Gasteiger partial charge is 0.488 e. The van der Waals surface area contributed by atoms with Gasteiger partial charge in [0.25, 0.3) is 0 Å². The molecule has 1 atom stereocenters. The number of methoxy groups -OCH3 is 1. The molecule has 0 N–H and O–H groups in total. The maximum absolute atomic E-state index is 6.02. The molecule has 1 unspecified atom stereocenters. The predicted octanol–water partition coefficient (Wildman–Crippen LogP) is 3.38. The fourth-order valence-corrected chi connectivity index (χ4v) is 2.74. The highest BCUT2D eigenvalue weighted by Gasteiger charge is 2.29. The molecule has 0 amide bonds. The minimum Gasteiger partial charge on any atom is -0.488 e. The Bertz CT molecular complexity index is 647. The zero-order chi connectivity index (χ0) is 14.3. The molecule has 3 heterocycles. The number of rotatable bonds is 2. The molecule has 0 aromatic carbocycles. The van der Waals surface area contributed by atoms with E-state index in [-0.39, 0.29) is 11.5 Å². The highest BCUT2D eigenvalue weighted by Crippen LogP contribution is 2.37. The maximum Gasteiger partial charge on any atom is 0.213 e. The predicted molar refractivity (Wildman–Crippen MR) is 78.3 cm³/mol. The number of hydrogen-bond donors (Lipinski definition) is 0. The van der Waals surface area contributed by atoms with Gasteiger partial charge >= 0.3 is 0 Å². The molecule has 0 bridgehead atoms. The average molecular weight is 272 g/mol. The zero-order valence-corrected chi connectivity index (χ0v) is 12.4. The van der Waals surface area contributed by atoms with Gasteiger partial charge in [0.15, 0.2) is 0 Å². The lowest BCUT2D eigenvalue weighted by Gasteiger charge is -2.22. The van der Waals surface area contributed by atoms with Crippen LogP contribution in [0.4, 0.5) is 0 Å². The van der Waals surface area contributed by atoms with Crippen molar-refractivity contribution in [3.63, 3.8) is 0 Å². The second-order valence-electron chi connectivity index (χ2n) is 6.53. The molecule has 0 aliphatic carbocycles. The summed E-state index contributed by atoms with van der Waals surface area (Å²) in [6.45, 7) is 6.70. The fraction of sp³-hybridized carbons (Fsp3) is 0.500. The van der Waals surface area contributed by atoms with E-state index in [4.69, 9.17) is 9.47 Å². The quantitative estimate of drug-likeness (QED) is 0.840. The van der Waals surface area contributed by atoms with Crippen molar-refractivity contribution in [3.8, 4) is 11.6 Å². The summed E-state index contributed by atoms with van der Waals surface area (Å²) < 4.78 is 11.2. The minimum atomic E-state index is 0.213. The van der Waals surface area contributed by atoms with E-state index >= 15 is 0 Å². The van der Waals surface area contributed by atoms with Gasteiger partial charge in [-0.15, -0.1) is 0 Å². The van der Waals surface area contributed by atoms with Gasteiger partial charge in [-0.1, -0.05) is 20.8 Å². The Hall–Kier alpha value is -1.84. The van der Waals surface area contributed by atoms with Crippen LogP contribution in [0.3, 0.4) is 0 Å². The summed E-state index contributed by atoms with van der Waals surface area (Å²) in [4.78, 5) is 8.95. The van der Waals surface area contributed by atoms with Gasteiger partial charge in [0.1, 0.15) is 11.9 Å². The Morgan fingerprint density at radius 1 is 1.35 bits per heavy atom. The van der Waals surface area contributed by atoms with Gasteiger partial charge in [-0.2, -0.15) is 0 Å². The third kappa shape index (κ3) is 2.42. The van der Waals surface area contributed by atoms with E-state index in [0.717, 1.165) is 35.2 Å². The molecule has 106 valence electrons. The average Bonchev–Trinajstić information content (AvgIpc) is 2.78. The molecule has 0 saturated heterocycles. The standard InChI is InChI=1S/C16H20N2O2/c1-16(2,3)8-10-7-11-13(20-10)9-17-12-5-6-14(19-4)18-15(11)12/h5-6,9-10H,7-8H2,1-4H3. The zero-order valence-electron chi connectivity index (χ0n) is 12.4. The van der Waals surface area contributed by atoms with Crippen LogP contribution in [0, 0.1) is 5.41 Å². The lowest BCUT2D eigenvalue weighted by atomic mass is 9.88. The van der Waals surface area contributed by atoms with Crippen LogP contribution in [-0.2, 0) is 6.42 Å². The number of nitrogens with zero attached hydrogens (tertiary/aromatic N) is 2. The molecule has 1 aliphatic rings. The number of aromatic nitrogens is 2. The molecule has 0 fully saturated rings. The highest BCUT2D eigenvalue weighted by molar-refractivity contribution is 5.81. The Kier molecular flexibility index (Phi) is 3.04. The van der Waals surface area contributed by atoms with E-state index in [1.54, 1.807) is 7.11 Å². The highest BCUT2D eigenvalue weighted by atomic mass is 16.5. The first-order valence-electron chi connectivity index (χ1n) is 6.95. The minimum absolute atomic E-state index is 0.213. The molecular weight excluding hydrogens is 252 g/mol. The number of hydrogen-bond acceptors (Lipinski definition) is 4. The lowest BCUT2D eigenvalue weighted by Crippen LogP contribution is -2.21. The first-order valence-corrected chi connectivity index (χ1v) is 6.95. The molecule has 2 aromatic heterocycles. The van der Waals surface area contributed by atoms with Gasteiger partial charge in [-0.3, -0.25) is 4.98 Å². The Morgan fingerprint density at radius 3 is 2.85 bits per heavy atom. The van der Waals surface area contributed by atoms with E-state index in [1.807, 2.05) is 18.3 Å². The van der Waals surface area contributed by atoms with Gasteiger partial charge in [-0.25, -0.2) is 4.98 Å². The lowest BCUT2D eigenvalue weighted by molar-refractivity contribution is 0.166. The van der Waals surface area contributed by atoms with Gasteiger partial charge in [-0.05, 0) is 17.9 Å². The monoisotopic (exact) mass is 272 g/mol. The van der Waals surface area contributed by atoms with E-state index < -0.39 is 0 Å². The Labute approximate surface area is 119 Å². The Balaban J connectivity index is 1.98. The summed E-state index contributed by atoms with van der Waals surface area (Å²) in [6.07, 6.45) is 3.94. The number of fused-ring (bicyclic) bond motifs is 3. The van der Waals surface area contributed by atoms with E-state index in [2.05, 4.69) is 30.7 Å². The van der Waals surface area contributed by atoms with Crippen LogP contribution < -0.4 is 9.47 Å². The van der Waals surface area contributed by atoms with E-state index in [0.29, 0.717) is 5.88 Å². The second kappa shape index (κ2) is 4.62. The summed E-state index contributed by atoms with van der Waals surface area (Å²) >= 11 is 0. The van der Waals surface area contributed by atoms with Crippen LogP contribution >= 0.6 is 0 Å². The van der Waals surface area contributed by atoms with Gasteiger partial charge < -0.3 is 9.47 Å². The van der Waals surface area contributed by atoms with Crippen LogP contribution in [0.1, 0.15) is 32.8 Å². The SMILES string of the molecule is COc1ccc2ncc3c(c2n1)CC(CC(C)(C)C)O3. The van der Waals surface area contributed by atoms with Crippen LogP contribution in [0.25, 0.3) is 11.0 Å². The van der Waals surface area contributed by atoms with Crippen molar-refractivity contribution < 1.29 is 9.47 Å². The molecular formula is C16H20N2O2. The molecule has 0 saturated carbocycles. The van der Waals surface area contributed by atoms with Gasteiger partial charge in [0, 0.05) is 18.1 Å².